The highest BCUT2D eigenvalue weighted by Crippen LogP contribution is 2.30. The zero-order valence-corrected chi connectivity index (χ0v) is 19.9. The molecule has 0 bridgehead atoms. The molecule has 3 N–H and O–H groups in total. The third-order valence-electron chi connectivity index (χ3n) is 5.68. The molecule has 0 radical (unpaired) electrons. The number of anilines is 1. The van der Waals surface area contributed by atoms with Gasteiger partial charge in [0.1, 0.15) is 0 Å². The van der Waals surface area contributed by atoms with E-state index in [2.05, 4.69) is 25.7 Å². The predicted molar refractivity (Wildman–Crippen MR) is 133 cm³/mol. The Morgan fingerprint density at radius 1 is 1.17 bits per heavy atom. The van der Waals surface area contributed by atoms with Crippen LogP contribution in [0.15, 0.2) is 54.9 Å². The number of nitrogens with zero attached hydrogens (tertiary/aromatic N) is 4. The lowest BCUT2D eigenvalue weighted by molar-refractivity contribution is 0.0940. The van der Waals surface area contributed by atoms with Crippen LogP contribution in [0.25, 0.3) is 16.9 Å². The summed E-state index contributed by atoms with van der Waals surface area (Å²) in [6.07, 6.45) is 5.47. The fourth-order valence-electron chi connectivity index (χ4n) is 3.72. The van der Waals surface area contributed by atoms with Gasteiger partial charge in [-0.25, -0.2) is 14.5 Å². The number of ether oxygens (including phenoxy) is 1. The largest absolute Gasteiger partial charge is 0.419 e. The van der Waals surface area contributed by atoms with Crippen molar-refractivity contribution in [3.8, 4) is 23.0 Å². The molecule has 0 aliphatic heterocycles. The molecule has 3 heterocycles. The number of aryl methyl sites for hydroxylation is 1. The standard InChI is InChI=1S/C26H28N6O3/c1-16-12-17(7-10-19(16)25(33)30-18-8-9-18)21-14-28-24-20(29-15-26(2,3)34)13-23(31-32(21)24)35-22-6-4-5-11-27-22/h4-7,10-14,18,29,34H,8-9,15H2,1-3H3,(H,30,33). The molecule has 3 aromatic heterocycles. The summed E-state index contributed by atoms with van der Waals surface area (Å²) in [7, 11) is 0. The monoisotopic (exact) mass is 472 g/mol. The van der Waals surface area contributed by atoms with Gasteiger partial charge >= 0.3 is 0 Å². The van der Waals surface area contributed by atoms with Gasteiger partial charge in [-0.3, -0.25) is 4.79 Å². The second-order valence-electron chi connectivity index (χ2n) is 9.49. The Hall–Kier alpha value is -3.98. The molecule has 0 spiro atoms. The van der Waals surface area contributed by atoms with Gasteiger partial charge in [-0.15, -0.1) is 5.10 Å². The van der Waals surface area contributed by atoms with Crippen molar-refractivity contribution in [3.05, 3.63) is 66.0 Å². The van der Waals surface area contributed by atoms with Gasteiger partial charge in [0.05, 0.1) is 23.2 Å². The maximum atomic E-state index is 12.5. The van der Waals surface area contributed by atoms with Gasteiger partial charge in [0.2, 0.25) is 11.8 Å². The molecule has 35 heavy (non-hydrogen) atoms. The number of imidazole rings is 1. The number of pyridine rings is 1. The van der Waals surface area contributed by atoms with Crippen molar-refractivity contribution in [1.29, 1.82) is 0 Å². The minimum absolute atomic E-state index is 0.0445. The van der Waals surface area contributed by atoms with Crippen molar-refractivity contribution >= 4 is 17.2 Å². The summed E-state index contributed by atoms with van der Waals surface area (Å²) < 4.78 is 7.61. The third kappa shape index (κ3) is 5.25. The zero-order valence-electron chi connectivity index (χ0n) is 19.9. The van der Waals surface area contributed by atoms with Crippen LogP contribution in [0.1, 0.15) is 42.6 Å². The van der Waals surface area contributed by atoms with Gasteiger partial charge in [-0.05, 0) is 57.4 Å². The van der Waals surface area contributed by atoms with Crippen molar-refractivity contribution < 1.29 is 14.6 Å². The molecule has 180 valence electrons. The highest BCUT2D eigenvalue weighted by molar-refractivity contribution is 5.96. The van der Waals surface area contributed by atoms with Gasteiger partial charge in [0.15, 0.2) is 5.65 Å². The number of carbonyl (C=O) groups excluding carboxylic acids is 1. The van der Waals surface area contributed by atoms with E-state index in [1.54, 1.807) is 42.9 Å². The SMILES string of the molecule is Cc1cc(-c2cnc3c(NCC(C)(C)O)cc(Oc4ccccn4)nn23)ccc1C(=O)NC1CC1. The zero-order chi connectivity index (χ0) is 24.6. The molecule has 1 fully saturated rings. The van der Waals surface area contributed by atoms with Crippen molar-refractivity contribution in [2.45, 2.75) is 45.3 Å². The number of aliphatic hydroxyl groups is 1. The van der Waals surface area contributed by atoms with E-state index in [0.717, 1.165) is 29.7 Å². The van der Waals surface area contributed by atoms with Gasteiger partial charge < -0.3 is 20.5 Å². The van der Waals surface area contributed by atoms with E-state index in [0.29, 0.717) is 41.2 Å². The van der Waals surface area contributed by atoms with Crippen molar-refractivity contribution in [2.24, 2.45) is 0 Å². The second kappa shape index (κ2) is 8.99. The number of benzene rings is 1. The molecule has 1 amide bonds. The van der Waals surface area contributed by atoms with Crippen LogP contribution in [0, 0.1) is 6.92 Å². The molecule has 0 saturated heterocycles. The van der Waals surface area contributed by atoms with Gasteiger partial charge in [0, 0.05) is 42.0 Å². The first-order valence-electron chi connectivity index (χ1n) is 11.6. The summed E-state index contributed by atoms with van der Waals surface area (Å²) in [5.74, 6) is 0.694. The lowest BCUT2D eigenvalue weighted by Gasteiger charge is -2.19. The molecule has 5 rings (SSSR count). The molecular weight excluding hydrogens is 444 g/mol. The Morgan fingerprint density at radius 2 is 2.00 bits per heavy atom. The van der Waals surface area contributed by atoms with E-state index in [1.807, 2.05) is 37.3 Å². The first-order valence-corrected chi connectivity index (χ1v) is 11.6. The van der Waals surface area contributed by atoms with Gasteiger partial charge in [0.25, 0.3) is 5.91 Å². The van der Waals surface area contributed by atoms with E-state index >= 15 is 0 Å². The van der Waals surface area contributed by atoms with Gasteiger partial charge in [-0.1, -0.05) is 12.1 Å². The molecule has 9 nitrogen and oxygen atoms in total. The van der Waals surface area contributed by atoms with Crippen LogP contribution in [-0.2, 0) is 0 Å². The Labute approximate surface area is 203 Å². The molecule has 0 atom stereocenters. The molecule has 1 aromatic carbocycles. The Balaban J connectivity index is 1.53. The van der Waals surface area contributed by atoms with E-state index in [-0.39, 0.29) is 5.91 Å². The quantitative estimate of drug-likeness (QED) is 0.356. The highest BCUT2D eigenvalue weighted by Gasteiger charge is 2.24. The van der Waals surface area contributed by atoms with Crippen molar-refractivity contribution in [1.82, 2.24) is 24.9 Å². The number of rotatable bonds is 8. The van der Waals surface area contributed by atoms with Gasteiger partial charge in [-0.2, -0.15) is 0 Å². The second-order valence-corrected chi connectivity index (χ2v) is 9.49. The van der Waals surface area contributed by atoms with Crippen LogP contribution in [-0.4, -0.2) is 48.8 Å². The normalized spacial score (nSPS) is 13.6. The number of fused-ring (bicyclic) bond motifs is 1. The van der Waals surface area contributed by atoms with E-state index < -0.39 is 5.60 Å². The Kier molecular flexibility index (Phi) is 5.86. The Bertz CT molecular complexity index is 1370. The number of carbonyl (C=O) groups is 1. The molecule has 1 aliphatic rings. The molecule has 9 heteroatoms. The first kappa shape index (κ1) is 22.8. The van der Waals surface area contributed by atoms with Crippen LogP contribution in [0.5, 0.6) is 11.8 Å². The smallest absolute Gasteiger partial charge is 0.251 e. The average molecular weight is 473 g/mol. The number of hydrogen-bond donors (Lipinski definition) is 3. The first-order chi connectivity index (χ1) is 16.8. The summed E-state index contributed by atoms with van der Waals surface area (Å²) >= 11 is 0. The van der Waals surface area contributed by atoms with Crippen molar-refractivity contribution in [3.63, 3.8) is 0 Å². The molecule has 1 saturated carbocycles. The predicted octanol–water partition coefficient (Wildman–Crippen LogP) is 3.97. The van der Waals surface area contributed by atoms with Crippen LogP contribution in [0.2, 0.25) is 0 Å². The lowest BCUT2D eigenvalue weighted by Crippen LogP contribution is -2.29. The maximum absolute atomic E-state index is 12.5. The summed E-state index contributed by atoms with van der Waals surface area (Å²) in [4.78, 5) is 21.3. The van der Waals surface area contributed by atoms with Crippen LogP contribution in [0.3, 0.4) is 0 Å². The number of aromatic nitrogens is 4. The number of amides is 1. The average Bonchev–Trinajstić information content (AvgIpc) is 3.53. The van der Waals surface area contributed by atoms with E-state index in [9.17, 15) is 9.90 Å². The number of hydrogen-bond acceptors (Lipinski definition) is 7. The summed E-state index contributed by atoms with van der Waals surface area (Å²) in [5, 5.41) is 21.2. The van der Waals surface area contributed by atoms with Crippen molar-refractivity contribution in [2.75, 3.05) is 11.9 Å². The fraction of sp³-hybridized carbons (Fsp3) is 0.308. The molecule has 4 aromatic rings. The van der Waals surface area contributed by atoms with Crippen LogP contribution >= 0.6 is 0 Å². The highest BCUT2D eigenvalue weighted by atomic mass is 16.5. The van der Waals surface area contributed by atoms with E-state index in [1.165, 1.54) is 0 Å². The minimum Gasteiger partial charge on any atom is -0.419 e. The third-order valence-corrected chi connectivity index (χ3v) is 5.68. The molecule has 1 aliphatic carbocycles. The maximum Gasteiger partial charge on any atom is 0.251 e. The lowest BCUT2D eigenvalue weighted by atomic mass is 10.0. The topological polar surface area (TPSA) is 114 Å². The fourth-order valence-corrected chi connectivity index (χ4v) is 3.72. The molecule has 0 unspecified atom stereocenters. The summed E-state index contributed by atoms with van der Waals surface area (Å²) in [6, 6.07) is 13.1. The summed E-state index contributed by atoms with van der Waals surface area (Å²) in [5.41, 5.74) is 3.48. The summed E-state index contributed by atoms with van der Waals surface area (Å²) in [6.45, 7) is 5.68. The Morgan fingerprint density at radius 3 is 2.69 bits per heavy atom. The van der Waals surface area contributed by atoms with Crippen LogP contribution < -0.4 is 15.4 Å². The van der Waals surface area contributed by atoms with Crippen LogP contribution in [0.4, 0.5) is 5.69 Å². The van der Waals surface area contributed by atoms with E-state index in [4.69, 9.17) is 4.74 Å². The minimum atomic E-state index is -0.925. The molecular formula is C26H28N6O3. The number of nitrogens with one attached hydrogen (secondary N) is 2.